The van der Waals surface area contributed by atoms with Crippen molar-refractivity contribution in [1.82, 2.24) is 10.2 Å². The molecular formula is C19H24ClN3O3S. The number of nitrogens with one attached hydrogen (secondary N) is 1. The number of halogens is 1. The number of hydrogen-bond donors (Lipinski definition) is 1. The smallest absolute Gasteiger partial charge is 0.264 e. The van der Waals surface area contributed by atoms with E-state index in [0.29, 0.717) is 24.3 Å². The average molecular weight is 410 g/mol. The van der Waals surface area contributed by atoms with Crippen LogP contribution in [0.3, 0.4) is 0 Å². The maximum Gasteiger partial charge on any atom is 0.264 e. The number of benzene rings is 2. The molecule has 0 saturated carbocycles. The predicted octanol–water partition coefficient (Wildman–Crippen LogP) is 2.37. The molecule has 0 aliphatic carbocycles. The van der Waals surface area contributed by atoms with Crippen molar-refractivity contribution in [3.05, 3.63) is 60.2 Å². The number of carbonyl (C=O) groups excluding carboxylic acids is 1. The number of rotatable bonds is 4. The molecule has 3 rings (SSSR count). The van der Waals surface area contributed by atoms with Crippen LogP contribution in [0.4, 0.5) is 5.69 Å². The summed E-state index contributed by atoms with van der Waals surface area (Å²) in [6.45, 7) is 3.06. The fourth-order valence-corrected chi connectivity index (χ4v) is 4.13. The Kier molecular flexibility index (Phi) is 7.24. The highest BCUT2D eigenvalue weighted by atomic mass is 35.5. The van der Waals surface area contributed by atoms with Gasteiger partial charge in [0.2, 0.25) is 0 Å². The molecule has 6 nitrogen and oxygen atoms in total. The summed E-state index contributed by atoms with van der Waals surface area (Å²) in [5.41, 5.74) is 1.10. The monoisotopic (exact) mass is 409 g/mol. The minimum absolute atomic E-state index is 0. The lowest BCUT2D eigenvalue weighted by Crippen LogP contribution is -2.34. The van der Waals surface area contributed by atoms with E-state index in [-0.39, 0.29) is 23.2 Å². The van der Waals surface area contributed by atoms with Gasteiger partial charge in [-0.1, -0.05) is 18.2 Å². The zero-order valence-electron chi connectivity index (χ0n) is 15.2. The SMILES string of the molecule is CN(c1ccccc1)S(=O)(=O)c1ccc(C(=O)N2CCCNCC2)cc1.Cl. The quantitative estimate of drug-likeness (QED) is 0.841. The number of para-hydroxylation sites is 1. The first-order chi connectivity index (χ1) is 12.5. The second-order valence-corrected chi connectivity index (χ2v) is 8.20. The van der Waals surface area contributed by atoms with Crippen molar-refractivity contribution >= 4 is 34.0 Å². The third-order valence-electron chi connectivity index (χ3n) is 4.51. The molecular weight excluding hydrogens is 386 g/mol. The fourth-order valence-electron chi connectivity index (χ4n) is 2.94. The van der Waals surface area contributed by atoms with Crippen LogP contribution in [0.5, 0.6) is 0 Å². The Morgan fingerprint density at radius 2 is 1.67 bits per heavy atom. The zero-order valence-corrected chi connectivity index (χ0v) is 16.8. The molecule has 1 fully saturated rings. The number of amides is 1. The fraction of sp³-hybridized carbons (Fsp3) is 0.316. The number of anilines is 1. The van der Waals surface area contributed by atoms with Crippen LogP contribution in [-0.4, -0.2) is 52.5 Å². The molecule has 0 bridgehead atoms. The highest BCUT2D eigenvalue weighted by Crippen LogP contribution is 2.22. The van der Waals surface area contributed by atoms with Crippen LogP contribution in [-0.2, 0) is 10.0 Å². The van der Waals surface area contributed by atoms with Gasteiger partial charge in [0.15, 0.2) is 0 Å². The van der Waals surface area contributed by atoms with Crippen molar-refractivity contribution in [3.63, 3.8) is 0 Å². The summed E-state index contributed by atoms with van der Waals surface area (Å²) in [4.78, 5) is 14.6. The van der Waals surface area contributed by atoms with Crippen LogP contribution in [0, 0.1) is 0 Å². The van der Waals surface area contributed by atoms with Crippen molar-refractivity contribution < 1.29 is 13.2 Å². The Bertz CT molecular complexity index is 850. The summed E-state index contributed by atoms with van der Waals surface area (Å²) in [6, 6.07) is 15.1. The number of nitrogens with zero attached hydrogens (tertiary/aromatic N) is 2. The summed E-state index contributed by atoms with van der Waals surface area (Å²) in [7, 11) is -2.14. The largest absolute Gasteiger partial charge is 0.337 e. The molecule has 1 aliphatic heterocycles. The Morgan fingerprint density at radius 1 is 1.00 bits per heavy atom. The van der Waals surface area contributed by atoms with Crippen molar-refractivity contribution in [2.24, 2.45) is 0 Å². The summed E-state index contributed by atoms with van der Waals surface area (Å²) >= 11 is 0. The second-order valence-electron chi connectivity index (χ2n) is 6.23. The van der Waals surface area contributed by atoms with E-state index >= 15 is 0 Å². The minimum atomic E-state index is -3.67. The molecule has 27 heavy (non-hydrogen) atoms. The van der Waals surface area contributed by atoms with Crippen LogP contribution in [0.2, 0.25) is 0 Å². The lowest BCUT2D eigenvalue weighted by atomic mass is 10.2. The van der Waals surface area contributed by atoms with E-state index in [1.54, 1.807) is 41.3 Å². The third-order valence-corrected chi connectivity index (χ3v) is 6.31. The Hall–Kier alpha value is -2.09. The molecule has 2 aromatic rings. The molecule has 1 saturated heterocycles. The van der Waals surface area contributed by atoms with Crippen molar-refractivity contribution in [3.8, 4) is 0 Å². The highest BCUT2D eigenvalue weighted by molar-refractivity contribution is 7.92. The van der Waals surface area contributed by atoms with Gasteiger partial charge in [-0.05, 0) is 49.4 Å². The second kappa shape index (κ2) is 9.21. The molecule has 0 atom stereocenters. The van der Waals surface area contributed by atoms with E-state index < -0.39 is 10.0 Å². The minimum Gasteiger partial charge on any atom is -0.337 e. The topological polar surface area (TPSA) is 69.7 Å². The van der Waals surface area contributed by atoms with Gasteiger partial charge in [-0.2, -0.15) is 0 Å². The average Bonchev–Trinajstić information content (AvgIpc) is 2.97. The van der Waals surface area contributed by atoms with E-state index in [1.165, 1.54) is 23.5 Å². The van der Waals surface area contributed by atoms with E-state index in [2.05, 4.69) is 5.32 Å². The van der Waals surface area contributed by atoms with Crippen LogP contribution >= 0.6 is 12.4 Å². The molecule has 146 valence electrons. The summed E-state index contributed by atoms with van der Waals surface area (Å²) in [5, 5.41) is 3.26. The first-order valence-corrected chi connectivity index (χ1v) is 10.1. The van der Waals surface area contributed by atoms with E-state index in [9.17, 15) is 13.2 Å². The van der Waals surface area contributed by atoms with Crippen molar-refractivity contribution in [1.29, 1.82) is 0 Å². The maximum atomic E-state index is 12.8. The van der Waals surface area contributed by atoms with Gasteiger partial charge in [0.05, 0.1) is 10.6 Å². The number of hydrogen-bond acceptors (Lipinski definition) is 4. The van der Waals surface area contributed by atoms with Gasteiger partial charge in [0.1, 0.15) is 0 Å². The molecule has 1 N–H and O–H groups in total. The van der Waals surface area contributed by atoms with Crippen LogP contribution in [0.15, 0.2) is 59.5 Å². The van der Waals surface area contributed by atoms with Gasteiger partial charge in [-0.25, -0.2) is 8.42 Å². The molecule has 8 heteroatoms. The zero-order chi connectivity index (χ0) is 18.6. The molecule has 2 aromatic carbocycles. The van der Waals surface area contributed by atoms with E-state index in [1.807, 2.05) is 6.07 Å². The molecule has 1 amide bonds. The summed E-state index contributed by atoms with van der Waals surface area (Å²) in [5.74, 6) is -0.0611. The molecule has 0 radical (unpaired) electrons. The van der Waals surface area contributed by atoms with E-state index in [0.717, 1.165) is 19.5 Å². The highest BCUT2D eigenvalue weighted by Gasteiger charge is 2.22. The molecule has 0 spiro atoms. The molecule has 1 heterocycles. The first-order valence-electron chi connectivity index (χ1n) is 8.64. The Labute approximate surface area is 166 Å². The maximum absolute atomic E-state index is 12.8. The lowest BCUT2D eigenvalue weighted by Gasteiger charge is -2.21. The predicted molar refractivity (Wildman–Crippen MR) is 109 cm³/mol. The molecule has 0 unspecified atom stereocenters. The van der Waals surface area contributed by atoms with E-state index in [4.69, 9.17) is 0 Å². The first kappa shape index (κ1) is 21.2. The normalized spacial score (nSPS) is 14.8. The Morgan fingerprint density at radius 3 is 2.33 bits per heavy atom. The van der Waals surface area contributed by atoms with Crippen LogP contribution in [0.1, 0.15) is 16.8 Å². The van der Waals surface area contributed by atoms with Crippen LogP contribution in [0.25, 0.3) is 0 Å². The summed E-state index contributed by atoms with van der Waals surface area (Å²) in [6.07, 6.45) is 0.917. The van der Waals surface area contributed by atoms with Gasteiger partial charge in [-0.3, -0.25) is 9.10 Å². The molecule has 0 aromatic heterocycles. The van der Waals surface area contributed by atoms with Crippen molar-refractivity contribution in [2.75, 3.05) is 37.5 Å². The number of carbonyl (C=O) groups is 1. The van der Waals surface area contributed by atoms with Gasteiger partial charge in [0, 0.05) is 32.2 Å². The van der Waals surface area contributed by atoms with Gasteiger partial charge >= 0.3 is 0 Å². The lowest BCUT2D eigenvalue weighted by molar-refractivity contribution is 0.0766. The van der Waals surface area contributed by atoms with Gasteiger partial charge < -0.3 is 10.2 Å². The third kappa shape index (κ3) is 4.80. The van der Waals surface area contributed by atoms with Crippen LogP contribution < -0.4 is 9.62 Å². The molecule has 1 aliphatic rings. The van der Waals surface area contributed by atoms with Crippen molar-refractivity contribution in [2.45, 2.75) is 11.3 Å². The summed E-state index contributed by atoms with van der Waals surface area (Å²) < 4.78 is 26.8. The van der Waals surface area contributed by atoms with Gasteiger partial charge in [-0.15, -0.1) is 12.4 Å². The Balaban J connectivity index is 0.00000261. The van der Waals surface area contributed by atoms with Gasteiger partial charge in [0.25, 0.3) is 15.9 Å². The standard InChI is InChI=1S/C19H23N3O3S.ClH/c1-21(17-6-3-2-4-7-17)26(24,25)18-10-8-16(9-11-18)19(23)22-14-5-12-20-13-15-22;/h2-4,6-11,20H,5,12-15H2,1H3;1H. The number of sulfonamides is 1.